The summed E-state index contributed by atoms with van der Waals surface area (Å²) in [5.74, 6) is 0.327. The van der Waals surface area contributed by atoms with Gasteiger partial charge in [0.15, 0.2) is 12.2 Å². The van der Waals surface area contributed by atoms with E-state index in [-0.39, 0.29) is 25.7 Å². The van der Waals surface area contributed by atoms with E-state index in [0.717, 1.165) is 108 Å². The molecule has 105 heavy (non-hydrogen) atoms. The van der Waals surface area contributed by atoms with Crippen LogP contribution in [-0.4, -0.2) is 96.7 Å². The molecule has 0 saturated heterocycles. The van der Waals surface area contributed by atoms with E-state index in [1.54, 1.807) is 0 Å². The fourth-order valence-corrected chi connectivity index (χ4v) is 14.9. The first-order valence-electron chi connectivity index (χ1n) is 44.4. The number of aliphatic hydroxyl groups is 1. The van der Waals surface area contributed by atoms with Gasteiger partial charge in [0.25, 0.3) is 0 Å². The van der Waals surface area contributed by atoms with Crippen molar-refractivity contribution in [2.45, 2.75) is 471 Å². The van der Waals surface area contributed by atoms with Gasteiger partial charge in [-0.1, -0.05) is 402 Å². The number of rotatable bonds is 84. The van der Waals surface area contributed by atoms with Crippen molar-refractivity contribution in [3.8, 4) is 0 Å². The number of hydrogen-bond acceptors (Lipinski definition) is 15. The highest BCUT2D eigenvalue weighted by atomic mass is 31.2. The van der Waals surface area contributed by atoms with Crippen LogP contribution in [0.3, 0.4) is 0 Å². The molecule has 17 nitrogen and oxygen atoms in total. The van der Waals surface area contributed by atoms with Crippen molar-refractivity contribution in [1.82, 2.24) is 0 Å². The Balaban J connectivity index is 5.25. The summed E-state index contributed by atoms with van der Waals surface area (Å²) in [7, 11) is -9.93. The van der Waals surface area contributed by atoms with Crippen molar-refractivity contribution >= 4 is 39.5 Å². The van der Waals surface area contributed by atoms with Crippen LogP contribution in [0.4, 0.5) is 0 Å². The summed E-state index contributed by atoms with van der Waals surface area (Å²) in [5, 5.41) is 10.7. The Morgan fingerprint density at radius 3 is 0.724 bits per heavy atom. The van der Waals surface area contributed by atoms with Crippen LogP contribution >= 0.6 is 15.6 Å². The highest BCUT2D eigenvalue weighted by Crippen LogP contribution is 2.45. The molecule has 0 spiro atoms. The van der Waals surface area contributed by atoms with Crippen LogP contribution in [0.5, 0.6) is 0 Å². The average Bonchev–Trinajstić information content (AvgIpc) is 0.915. The Labute approximate surface area is 645 Å². The molecule has 0 bridgehead atoms. The number of aliphatic hydroxyl groups excluding tert-OH is 1. The number of esters is 4. The molecule has 3 unspecified atom stereocenters. The van der Waals surface area contributed by atoms with Gasteiger partial charge in [-0.15, -0.1) is 0 Å². The van der Waals surface area contributed by atoms with Crippen LogP contribution in [0.1, 0.15) is 453 Å². The molecule has 0 saturated carbocycles. The summed E-state index contributed by atoms with van der Waals surface area (Å²) < 4.78 is 68.9. The van der Waals surface area contributed by atoms with Crippen molar-refractivity contribution in [3.05, 3.63) is 0 Å². The molecule has 0 aliphatic rings. The zero-order valence-electron chi connectivity index (χ0n) is 69.2. The number of phosphoric acid groups is 2. The second kappa shape index (κ2) is 76.1. The Hall–Kier alpha value is -1.94. The molecule has 19 heteroatoms. The maximum absolute atomic E-state index is 13.1. The fraction of sp³-hybridized carbons (Fsp3) is 0.953. The number of carbonyl (C=O) groups is 4. The summed E-state index contributed by atoms with van der Waals surface area (Å²) in [6.45, 7) is 12.1. The first kappa shape index (κ1) is 103. The maximum atomic E-state index is 13.1. The van der Waals surface area contributed by atoms with Gasteiger partial charge in [-0.25, -0.2) is 9.13 Å². The third-order valence-electron chi connectivity index (χ3n) is 20.5. The van der Waals surface area contributed by atoms with E-state index in [2.05, 4.69) is 48.5 Å². The van der Waals surface area contributed by atoms with E-state index >= 15 is 0 Å². The van der Waals surface area contributed by atoms with E-state index in [1.807, 2.05) is 0 Å². The molecule has 0 aromatic rings. The van der Waals surface area contributed by atoms with Gasteiger partial charge in [-0.05, 0) is 43.4 Å². The molecule has 0 aliphatic carbocycles. The second-order valence-corrected chi connectivity index (χ2v) is 35.0. The molecule has 0 heterocycles. The van der Waals surface area contributed by atoms with Gasteiger partial charge in [0.05, 0.1) is 26.4 Å². The van der Waals surface area contributed by atoms with Crippen molar-refractivity contribution in [2.75, 3.05) is 39.6 Å². The van der Waals surface area contributed by atoms with Crippen LogP contribution < -0.4 is 0 Å². The predicted octanol–water partition coefficient (Wildman–Crippen LogP) is 26.1. The number of ether oxygens (including phenoxy) is 4. The Kier molecular flexibility index (Phi) is 74.7. The summed E-state index contributed by atoms with van der Waals surface area (Å²) in [6, 6.07) is 0. The van der Waals surface area contributed by atoms with Crippen molar-refractivity contribution in [1.29, 1.82) is 0 Å². The summed E-state index contributed by atoms with van der Waals surface area (Å²) in [5.41, 5.74) is 0. The zero-order valence-corrected chi connectivity index (χ0v) is 71.0. The van der Waals surface area contributed by atoms with Crippen LogP contribution in [0.15, 0.2) is 0 Å². The molecular weight excluding hydrogens is 1370 g/mol. The number of hydrogen-bond donors (Lipinski definition) is 3. The first-order valence-corrected chi connectivity index (χ1v) is 47.4. The van der Waals surface area contributed by atoms with Crippen LogP contribution in [-0.2, 0) is 65.4 Å². The highest BCUT2D eigenvalue weighted by molar-refractivity contribution is 7.47. The molecular formula is C86H168O17P2. The summed E-state index contributed by atoms with van der Waals surface area (Å²) in [6.07, 6.45) is 66.5. The Bertz CT molecular complexity index is 2030. The minimum absolute atomic E-state index is 0.107. The average molecular weight is 1540 g/mol. The molecule has 0 aromatic heterocycles. The quantitative estimate of drug-likeness (QED) is 0.0222. The van der Waals surface area contributed by atoms with Crippen LogP contribution in [0.2, 0.25) is 0 Å². The van der Waals surface area contributed by atoms with E-state index in [0.29, 0.717) is 25.7 Å². The van der Waals surface area contributed by atoms with E-state index in [4.69, 9.17) is 37.0 Å². The highest BCUT2D eigenvalue weighted by Gasteiger charge is 2.30. The number of unbranched alkanes of at least 4 members (excludes halogenated alkanes) is 51. The minimum Gasteiger partial charge on any atom is -0.462 e. The molecule has 6 atom stereocenters. The van der Waals surface area contributed by atoms with Gasteiger partial charge in [-0.2, -0.15) is 0 Å². The van der Waals surface area contributed by atoms with E-state index in [9.17, 15) is 43.2 Å². The molecule has 3 N–H and O–H groups in total. The van der Waals surface area contributed by atoms with Gasteiger partial charge in [0.1, 0.15) is 19.3 Å². The number of phosphoric ester groups is 2. The maximum Gasteiger partial charge on any atom is 0.472 e. The molecule has 624 valence electrons. The van der Waals surface area contributed by atoms with Gasteiger partial charge in [0.2, 0.25) is 0 Å². The third kappa shape index (κ3) is 78.5. The number of carbonyl (C=O) groups excluding carboxylic acids is 4. The minimum atomic E-state index is -4.97. The lowest BCUT2D eigenvalue weighted by Gasteiger charge is -2.21. The van der Waals surface area contributed by atoms with Crippen LogP contribution in [0, 0.1) is 17.8 Å². The lowest BCUT2D eigenvalue weighted by Crippen LogP contribution is -2.30. The van der Waals surface area contributed by atoms with Crippen molar-refractivity contribution in [2.24, 2.45) is 17.8 Å². The van der Waals surface area contributed by atoms with Crippen molar-refractivity contribution in [3.63, 3.8) is 0 Å². The lowest BCUT2D eigenvalue weighted by molar-refractivity contribution is -0.161. The van der Waals surface area contributed by atoms with Crippen molar-refractivity contribution < 1.29 is 80.2 Å². The smallest absolute Gasteiger partial charge is 0.462 e. The van der Waals surface area contributed by atoms with Gasteiger partial charge in [-0.3, -0.25) is 37.3 Å². The second-order valence-electron chi connectivity index (χ2n) is 32.1. The van der Waals surface area contributed by atoms with Gasteiger partial charge >= 0.3 is 39.5 Å². The Morgan fingerprint density at radius 2 is 0.486 bits per heavy atom. The fourth-order valence-electron chi connectivity index (χ4n) is 13.3. The molecule has 0 fully saturated rings. The summed E-state index contributed by atoms with van der Waals surface area (Å²) >= 11 is 0. The normalized spacial score (nSPS) is 14.1. The molecule has 0 rings (SSSR count). The van der Waals surface area contributed by atoms with Gasteiger partial charge in [0, 0.05) is 25.7 Å². The van der Waals surface area contributed by atoms with E-state index in [1.165, 1.54) is 263 Å². The van der Waals surface area contributed by atoms with Gasteiger partial charge < -0.3 is 33.8 Å². The molecule has 0 amide bonds. The lowest BCUT2D eigenvalue weighted by atomic mass is 9.99. The predicted molar refractivity (Wildman–Crippen MR) is 432 cm³/mol. The largest absolute Gasteiger partial charge is 0.472 e. The standard InChI is InChI=1S/C86H168O17P2/c1-8-10-11-12-13-14-15-22-32-39-46-53-60-67-83(88)96-73-82(103-86(91)70-63-56-49-42-35-28-26-30-37-44-51-58-65-78(5)6)76-101-105(94,95)99-72-80(87)71-98-104(92,93)100-75-81(74-97-84(89)68-61-54-47-40-33-27-25-29-36-43-50-57-64-77(3)4)102-85(90)69-62-55-48-41-34-24-21-19-17-16-18-20-23-31-38-45-52-59-66-79(7)9-2/h77-82,87H,8-76H2,1-7H3,(H,92,93)(H,94,95)/t79?,80-,81-,82-/m1/s1. The zero-order chi connectivity index (χ0) is 77.2. The molecule has 0 aliphatic heterocycles. The third-order valence-corrected chi connectivity index (χ3v) is 22.4. The summed E-state index contributed by atoms with van der Waals surface area (Å²) in [4.78, 5) is 73.2. The van der Waals surface area contributed by atoms with Crippen LogP contribution in [0.25, 0.3) is 0 Å². The topological polar surface area (TPSA) is 237 Å². The van der Waals surface area contributed by atoms with E-state index < -0.39 is 97.5 Å². The SMILES string of the molecule is CCCCCCCCCCCCCCCC(=O)OC[C@H](COP(=O)(O)OC[C@H](O)COP(=O)(O)OC[C@@H](COC(=O)CCCCCCCCCCCCCCC(C)C)OC(=O)CCCCCCCCCCCCCCCCCCCCC(C)CC)OC(=O)CCCCCCCCCCCCCCC(C)C. The monoisotopic (exact) mass is 1540 g/mol. The molecule has 0 aromatic carbocycles. The first-order chi connectivity index (χ1) is 50.8. The Morgan fingerprint density at radius 1 is 0.276 bits per heavy atom. The molecule has 0 radical (unpaired) electrons.